The van der Waals surface area contributed by atoms with E-state index in [-0.39, 0.29) is 0 Å². The first kappa shape index (κ1) is 15.5. The van der Waals surface area contributed by atoms with Crippen LogP contribution in [0.4, 0.5) is 18.9 Å². The second-order valence-corrected chi connectivity index (χ2v) is 3.35. The molecule has 0 saturated carbocycles. The third-order valence-corrected chi connectivity index (χ3v) is 1.95. The lowest BCUT2D eigenvalue weighted by Gasteiger charge is -2.11. The summed E-state index contributed by atoms with van der Waals surface area (Å²) in [4.78, 5) is 23.6. The summed E-state index contributed by atoms with van der Waals surface area (Å²) in [5.41, 5.74) is -1.35. The van der Waals surface area contributed by atoms with Crippen molar-refractivity contribution < 1.29 is 37.5 Å². The van der Waals surface area contributed by atoms with Crippen LogP contribution in [0.25, 0.3) is 0 Å². The Hall–Kier alpha value is -2.59. The van der Waals surface area contributed by atoms with Crippen LogP contribution in [0.2, 0.25) is 0 Å². The highest BCUT2D eigenvalue weighted by molar-refractivity contribution is 5.73. The number of halogens is 3. The molecule has 0 aliphatic carbocycles. The SMILES string of the molecule is COc1nc(OC(F)(F)F)cc(CC(=O)O)c1[N+](=O)[O-]. The Morgan fingerprint density at radius 1 is 1.55 bits per heavy atom. The van der Waals surface area contributed by atoms with Gasteiger partial charge < -0.3 is 14.6 Å². The number of pyridine rings is 1. The second-order valence-electron chi connectivity index (χ2n) is 3.35. The summed E-state index contributed by atoms with van der Waals surface area (Å²) < 4.78 is 44.2. The summed E-state index contributed by atoms with van der Waals surface area (Å²) in [6, 6.07) is 0.530. The molecule has 1 aromatic heterocycles. The molecular weight excluding hydrogens is 289 g/mol. The fraction of sp³-hybridized carbons (Fsp3) is 0.333. The first-order chi connectivity index (χ1) is 9.14. The van der Waals surface area contributed by atoms with Crippen LogP contribution in [0.3, 0.4) is 0 Å². The first-order valence-electron chi connectivity index (χ1n) is 4.84. The molecule has 0 radical (unpaired) electrons. The Bertz CT molecular complexity index is 545. The van der Waals surface area contributed by atoms with Gasteiger partial charge in [-0.3, -0.25) is 14.9 Å². The van der Waals surface area contributed by atoms with Gasteiger partial charge in [-0.2, -0.15) is 4.98 Å². The van der Waals surface area contributed by atoms with Crippen LogP contribution in [0.5, 0.6) is 11.8 Å². The number of carbonyl (C=O) groups is 1. The van der Waals surface area contributed by atoms with Gasteiger partial charge in [-0.1, -0.05) is 0 Å². The number of nitrogens with zero attached hydrogens (tertiary/aromatic N) is 2. The number of aromatic nitrogens is 1. The molecule has 0 aliphatic rings. The molecule has 0 fully saturated rings. The van der Waals surface area contributed by atoms with Gasteiger partial charge in [-0.05, 0) is 0 Å². The van der Waals surface area contributed by atoms with Crippen LogP contribution in [-0.4, -0.2) is 34.5 Å². The Balaban J connectivity index is 3.38. The molecule has 1 heterocycles. The molecule has 0 atom stereocenters. The number of hydrogen-bond acceptors (Lipinski definition) is 6. The Morgan fingerprint density at radius 2 is 2.15 bits per heavy atom. The summed E-state index contributed by atoms with van der Waals surface area (Å²) >= 11 is 0. The number of hydrogen-bond donors (Lipinski definition) is 1. The van der Waals surface area contributed by atoms with E-state index in [0.717, 1.165) is 7.11 Å². The van der Waals surface area contributed by atoms with Crippen molar-refractivity contribution in [2.45, 2.75) is 12.8 Å². The zero-order chi connectivity index (χ0) is 15.5. The standard InChI is InChI=1S/C9H7F3N2O6/c1-19-8-7(14(17)18)4(3-6(15)16)2-5(13-8)20-9(10,11)12/h2H,3H2,1H3,(H,15,16). The van der Waals surface area contributed by atoms with Gasteiger partial charge in [0.25, 0.3) is 5.88 Å². The maximum absolute atomic E-state index is 12.1. The molecular formula is C9H7F3N2O6. The van der Waals surface area contributed by atoms with Crippen molar-refractivity contribution in [3.05, 3.63) is 21.7 Å². The maximum atomic E-state index is 12.1. The van der Waals surface area contributed by atoms with E-state index in [1.54, 1.807) is 0 Å². The number of aliphatic carboxylic acids is 1. The van der Waals surface area contributed by atoms with E-state index in [0.29, 0.717) is 6.07 Å². The van der Waals surface area contributed by atoms with Crippen LogP contribution in [-0.2, 0) is 11.2 Å². The van der Waals surface area contributed by atoms with Gasteiger partial charge in [0.1, 0.15) is 0 Å². The molecule has 110 valence electrons. The van der Waals surface area contributed by atoms with Crippen molar-refractivity contribution in [1.29, 1.82) is 0 Å². The molecule has 8 nitrogen and oxygen atoms in total. The van der Waals surface area contributed by atoms with Gasteiger partial charge >= 0.3 is 18.0 Å². The van der Waals surface area contributed by atoms with Crippen molar-refractivity contribution in [3.63, 3.8) is 0 Å². The summed E-state index contributed by atoms with van der Waals surface area (Å²) in [6.07, 6.45) is -5.96. The lowest BCUT2D eigenvalue weighted by Crippen LogP contribution is -2.18. The van der Waals surface area contributed by atoms with Gasteiger partial charge in [0.05, 0.1) is 24.0 Å². The number of carboxylic acid groups (broad SMARTS) is 1. The molecule has 0 aliphatic heterocycles. The summed E-state index contributed by atoms with van der Waals surface area (Å²) in [6.45, 7) is 0. The average Bonchev–Trinajstić information content (AvgIpc) is 2.24. The van der Waals surface area contributed by atoms with Crippen molar-refractivity contribution in [3.8, 4) is 11.8 Å². The van der Waals surface area contributed by atoms with Gasteiger partial charge in [-0.15, -0.1) is 13.2 Å². The largest absolute Gasteiger partial charge is 0.574 e. The van der Waals surface area contributed by atoms with Crippen LogP contribution in [0.1, 0.15) is 5.56 Å². The third-order valence-electron chi connectivity index (χ3n) is 1.95. The predicted octanol–water partition coefficient (Wildman–Crippen LogP) is 1.52. The molecule has 11 heteroatoms. The maximum Gasteiger partial charge on any atom is 0.574 e. The van der Waals surface area contributed by atoms with Gasteiger partial charge in [0, 0.05) is 6.07 Å². The van der Waals surface area contributed by atoms with Crippen LogP contribution in [0, 0.1) is 10.1 Å². The predicted molar refractivity (Wildman–Crippen MR) is 55.5 cm³/mol. The monoisotopic (exact) mass is 296 g/mol. The highest BCUT2D eigenvalue weighted by atomic mass is 19.4. The zero-order valence-electron chi connectivity index (χ0n) is 9.80. The number of methoxy groups -OCH3 is 1. The molecule has 0 amide bonds. The number of nitro groups is 1. The molecule has 1 N–H and O–H groups in total. The van der Waals surface area contributed by atoms with Gasteiger partial charge in [0.15, 0.2) is 0 Å². The molecule has 1 rings (SSSR count). The number of alkyl halides is 3. The minimum absolute atomic E-state index is 0.520. The van der Waals surface area contributed by atoms with E-state index in [1.165, 1.54) is 0 Å². The molecule has 0 bridgehead atoms. The fourth-order valence-corrected chi connectivity index (χ4v) is 1.35. The minimum atomic E-state index is -5.07. The van der Waals surface area contributed by atoms with Crippen molar-refractivity contribution >= 4 is 11.7 Å². The van der Waals surface area contributed by atoms with Gasteiger partial charge in [-0.25, -0.2) is 0 Å². The normalized spacial score (nSPS) is 11.0. The van der Waals surface area contributed by atoms with E-state index in [2.05, 4.69) is 14.5 Å². The Labute approximate surface area is 108 Å². The van der Waals surface area contributed by atoms with Crippen molar-refractivity contribution in [1.82, 2.24) is 4.98 Å². The second kappa shape index (κ2) is 5.59. The topological polar surface area (TPSA) is 112 Å². The molecule has 0 saturated heterocycles. The zero-order valence-corrected chi connectivity index (χ0v) is 9.80. The Morgan fingerprint density at radius 3 is 2.55 bits per heavy atom. The van der Waals surface area contributed by atoms with E-state index < -0.39 is 46.7 Å². The number of carboxylic acids is 1. The van der Waals surface area contributed by atoms with E-state index in [4.69, 9.17) is 5.11 Å². The molecule has 0 aromatic carbocycles. The van der Waals surface area contributed by atoms with Crippen molar-refractivity contribution in [2.75, 3.05) is 7.11 Å². The summed E-state index contributed by atoms with van der Waals surface area (Å²) in [7, 11) is 0.942. The van der Waals surface area contributed by atoms with Gasteiger partial charge in [0.2, 0.25) is 5.88 Å². The fourth-order valence-electron chi connectivity index (χ4n) is 1.35. The van der Waals surface area contributed by atoms with E-state index in [1.807, 2.05) is 0 Å². The van der Waals surface area contributed by atoms with E-state index >= 15 is 0 Å². The van der Waals surface area contributed by atoms with Crippen LogP contribution >= 0.6 is 0 Å². The summed E-state index contributed by atoms with van der Waals surface area (Å²) in [5.74, 6) is -3.29. The van der Waals surface area contributed by atoms with Crippen LogP contribution in [0.15, 0.2) is 6.07 Å². The lowest BCUT2D eigenvalue weighted by molar-refractivity contribution is -0.386. The Kier molecular flexibility index (Phi) is 4.32. The number of ether oxygens (including phenoxy) is 2. The number of rotatable bonds is 5. The molecule has 0 unspecified atom stereocenters. The van der Waals surface area contributed by atoms with E-state index in [9.17, 15) is 28.1 Å². The highest BCUT2D eigenvalue weighted by Crippen LogP contribution is 2.34. The lowest BCUT2D eigenvalue weighted by atomic mass is 10.1. The smallest absolute Gasteiger partial charge is 0.481 e. The summed E-state index contributed by atoms with van der Waals surface area (Å²) in [5, 5.41) is 19.4. The minimum Gasteiger partial charge on any atom is -0.481 e. The molecule has 20 heavy (non-hydrogen) atoms. The molecule has 0 spiro atoms. The van der Waals surface area contributed by atoms with Crippen molar-refractivity contribution in [2.24, 2.45) is 0 Å². The molecule has 1 aromatic rings. The average molecular weight is 296 g/mol. The quantitative estimate of drug-likeness (QED) is 0.647. The van der Waals surface area contributed by atoms with Crippen LogP contribution < -0.4 is 9.47 Å². The third kappa shape index (κ3) is 3.96. The highest BCUT2D eigenvalue weighted by Gasteiger charge is 2.34. The first-order valence-corrected chi connectivity index (χ1v) is 4.84.